The lowest BCUT2D eigenvalue weighted by molar-refractivity contribution is -0.173. The molecule has 2 heterocycles. The molecule has 1 N–H and O–H groups in total. The molecule has 0 aliphatic carbocycles. The first-order valence-corrected chi connectivity index (χ1v) is 7.05. The van der Waals surface area contributed by atoms with Gasteiger partial charge in [0.1, 0.15) is 12.6 Å². The van der Waals surface area contributed by atoms with Gasteiger partial charge >= 0.3 is 5.97 Å². The number of carbonyl (C=O) groups excluding carboxylic acids is 1. The van der Waals surface area contributed by atoms with E-state index in [1.165, 1.54) is 16.2 Å². The number of morpholine rings is 1. The van der Waals surface area contributed by atoms with Crippen molar-refractivity contribution in [3.63, 3.8) is 0 Å². The Bertz CT molecular complexity index is 501. The third kappa shape index (κ3) is 3.00. The van der Waals surface area contributed by atoms with E-state index in [1.807, 2.05) is 19.1 Å². The van der Waals surface area contributed by atoms with Crippen molar-refractivity contribution in [1.82, 2.24) is 4.90 Å². The normalized spacial score (nSPS) is 23.1. The van der Waals surface area contributed by atoms with Crippen LogP contribution in [0.3, 0.4) is 0 Å². The highest BCUT2D eigenvalue weighted by molar-refractivity contribution is 7.12. The van der Waals surface area contributed by atoms with Gasteiger partial charge in [0.05, 0.1) is 6.61 Å². The van der Waals surface area contributed by atoms with Crippen LogP contribution < -0.4 is 0 Å². The monoisotopic (exact) mass is 299 g/mol. The lowest BCUT2D eigenvalue weighted by atomic mass is 10.1. The molecule has 1 aromatic rings. The number of methoxy groups -OCH3 is 1. The summed E-state index contributed by atoms with van der Waals surface area (Å²) in [5.41, 5.74) is 0. The molecule has 0 bridgehead atoms. The van der Waals surface area contributed by atoms with Crippen LogP contribution in [0.4, 0.5) is 0 Å². The van der Waals surface area contributed by atoms with Crippen LogP contribution in [0.2, 0.25) is 0 Å². The highest BCUT2D eigenvalue weighted by Crippen LogP contribution is 2.34. The highest BCUT2D eigenvalue weighted by atomic mass is 32.1. The maximum absolute atomic E-state index is 12.0. The molecule has 0 spiro atoms. The van der Waals surface area contributed by atoms with Gasteiger partial charge in [0, 0.05) is 23.4 Å². The van der Waals surface area contributed by atoms with Gasteiger partial charge in [0.2, 0.25) is 5.91 Å². The maximum Gasteiger partial charge on any atom is 0.335 e. The quantitative estimate of drug-likeness (QED) is 0.879. The number of aliphatic carboxylic acids is 1. The van der Waals surface area contributed by atoms with Crippen molar-refractivity contribution in [2.75, 3.05) is 26.9 Å². The van der Waals surface area contributed by atoms with Crippen LogP contribution in [0.1, 0.15) is 15.8 Å². The Labute approximate surface area is 120 Å². The van der Waals surface area contributed by atoms with E-state index in [1.54, 1.807) is 7.11 Å². The number of hydrogen-bond donors (Lipinski definition) is 1. The number of amides is 1. The molecule has 1 saturated heterocycles. The lowest BCUT2D eigenvalue weighted by Gasteiger charge is -2.38. The zero-order valence-electron chi connectivity index (χ0n) is 11.4. The van der Waals surface area contributed by atoms with Gasteiger partial charge in [-0.1, -0.05) is 0 Å². The zero-order valence-corrected chi connectivity index (χ0v) is 12.2. The molecule has 2 rings (SSSR count). The molecule has 0 radical (unpaired) electrons. The van der Waals surface area contributed by atoms with Crippen LogP contribution in [0.5, 0.6) is 0 Å². The number of thiophene rings is 1. The van der Waals surface area contributed by atoms with Gasteiger partial charge in [-0.2, -0.15) is 0 Å². The van der Waals surface area contributed by atoms with E-state index in [4.69, 9.17) is 9.47 Å². The van der Waals surface area contributed by atoms with Gasteiger partial charge in [-0.15, -0.1) is 11.3 Å². The fourth-order valence-electron chi connectivity index (χ4n) is 2.23. The van der Waals surface area contributed by atoms with Crippen molar-refractivity contribution >= 4 is 23.2 Å². The predicted molar refractivity (Wildman–Crippen MR) is 72.8 cm³/mol. The molecule has 2 atom stereocenters. The van der Waals surface area contributed by atoms with Crippen LogP contribution >= 0.6 is 11.3 Å². The summed E-state index contributed by atoms with van der Waals surface area (Å²) in [6.45, 7) is 2.44. The van der Waals surface area contributed by atoms with Crippen LogP contribution in [0.15, 0.2) is 12.1 Å². The first kappa shape index (κ1) is 15.0. The molecule has 7 heteroatoms. The molecule has 0 aromatic carbocycles. The smallest absolute Gasteiger partial charge is 0.335 e. The largest absolute Gasteiger partial charge is 0.479 e. The first-order valence-electron chi connectivity index (χ1n) is 6.23. The summed E-state index contributed by atoms with van der Waals surface area (Å²) in [7, 11) is 1.55. The molecular formula is C13H17NO5S. The average molecular weight is 299 g/mol. The van der Waals surface area contributed by atoms with Gasteiger partial charge < -0.3 is 19.5 Å². The Hall–Kier alpha value is -1.44. The minimum atomic E-state index is -1.06. The van der Waals surface area contributed by atoms with E-state index in [0.29, 0.717) is 13.2 Å². The minimum Gasteiger partial charge on any atom is -0.479 e. The van der Waals surface area contributed by atoms with E-state index in [0.717, 1.165) is 9.75 Å². The van der Waals surface area contributed by atoms with Crippen LogP contribution in [-0.2, 0) is 19.1 Å². The Balaban J connectivity index is 2.33. The Kier molecular flexibility index (Phi) is 4.74. The number of rotatable bonds is 5. The Morgan fingerprint density at radius 2 is 2.35 bits per heavy atom. The van der Waals surface area contributed by atoms with Crippen LogP contribution in [-0.4, -0.2) is 54.9 Å². The molecule has 20 heavy (non-hydrogen) atoms. The van der Waals surface area contributed by atoms with Crippen molar-refractivity contribution in [2.45, 2.75) is 19.1 Å². The maximum atomic E-state index is 12.0. The molecule has 1 amide bonds. The summed E-state index contributed by atoms with van der Waals surface area (Å²) >= 11 is 1.48. The van der Waals surface area contributed by atoms with Crippen molar-refractivity contribution in [3.8, 4) is 0 Å². The fourth-order valence-corrected chi connectivity index (χ4v) is 3.24. The van der Waals surface area contributed by atoms with Gasteiger partial charge in [-0.3, -0.25) is 4.79 Å². The number of carboxylic acid groups (broad SMARTS) is 1. The molecule has 0 saturated carbocycles. The number of hydrogen-bond acceptors (Lipinski definition) is 5. The highest BCUT2D eigenvalue weighted by Gasteiger charge is 2.42. The van der Waals surface area contributed by atoms with Gasteiger partial charge in [-0.05, 0) is 19.1 Å². The summed E-state index contributed by atoms with van der Waals surface area (Å²) in [5.74, 6) is -1.27. The summed E-state index contributed by atoms with van der Waals surface area (Å²) < 4.78 is 10.2. The summed E-state index contributed by atoms with van der Waals surface area (Å²) in [5, 5.41) is 9.32. The second kappa shape index (κ2) is 6.34. The summed E-state index contributed by atoms with van der Waals surface area (Å²) in [6.07, 6.45) is -1.04. The standard InChI is InChI=1S/C13H17NO5S/c1-8-3-4-9(20-8)11-12(13(16)17)19-7-10(15)14(11)5-6-18-2/h3-4,11-12H,5-7H2,1-2H3,(H,16,17). The second-order valence-electron chi connectivity index (χ2n) is 4.54. The molecule has 6 nitrogen and oxygen atoms in total. The molecular weight excluding hydrogens is 282 g/mol. The van der Waals surface area contributed by atoms with E-state index < -0.39 is 18.1 Å². The number of nitrogens with zero attached hydrogens (tertiary/aromatic N) is 1. The third-order valence-electron chi connectivity index (χ3n) is 3.16. The van der Waals surface area contributed by atoms with Crippen molar-refractivity contribution in [1.29, 1.82) is 0 Å². The number of aryl methyl sites for hydroxylation is 1. The van der Waals surface area contributed by atoms with Crippen LogP contribution in [0.25, 0.3) is 0 Å². The van der Waals surface area contributed by atoms with Crippen molar-refractivity contribution in [3.05, 3.63) is 21.9 Å². The topological polar surface area (TPSA) is 76.1 Å². The molecule has 2 unspecified atom stereocenters. The third-order valence-corrected chi connectivity index (χ3v) is 4.23. The first-order chi connectivity index (χ1) is 9.54. The van der Waals surface area contributed by atoms with Crippen LogP contribution in [0, 0.1) is 6.92 Å². The van der Waals surface area contributed by atoms with Crippen molar-refractivity contribution in [2.24, 2.45) is 0 Å². The molecule has 110 valence electrons. The second-order valence-corrected chi connectivity index (χ2v) is 5.86. The average Bonchev–Trinajstić information content (AvgIpc) is 2.83. The summed E-state index contributed by atoms with van der Waals surface area (Å²) in [6, 6.07) is 3.16. The molecule has 1 aliphatic heterocycles. The number of carbonyl (C=O) groups is 2. The van der Waals surface area contributed by atoms with E-state index >= 15 is 0 Å². The Morgan fingerprint density at radius 3 is 2.90 bits per heavy atom. The fraction of sp³-hybridized carbons (Fsp3) is 0.538. The van der Waals surface area contributed by atoms with E-state index in [-0.39, 0.29) is 12.5 Å². The van der Waals surface area contributed by atoms with Gasteiger partial charge in [0.15, 0.2) is 6.10 Å². The molecule has 1 fully saturated rings. The number of ether oxygens (including phenoxy) is 2. The molecule has 1 aliphatic rings. The zero-order chi connectivity index (χ0) is 14.7. The molecule has 1 aromatic heterocycles. The number of carboxylic acids is 1. The minimum absolute atomic E-state index is 0.207. The predicted octanol–water partition coefficient (Wildman–Crippen LogP) is 1.06. The van der Waals surface area contributed by atoms with Gasteiger partial charge in [-0.25, -0.2) is 4.79 Å². The Morgan fingerprint density at radius 1 is 1.60 bits per heavy atom. The summed E-state index contributed by atoms with van der Waals surface area (Å²) in [4.78, 5) is 26.8. The van der Waals surface area contributed by atoms with Gasteiger partial charge in [0.25, 0.3) is 0 Å². The SMILES string of the molecule is COCCN1C(=O)COC(C(=O)O)C1c1ccc(C)s1. The van der Waals surface area contributed by atoms with Crippen molar-refractivity contribution < 1.29 is 24.2 Å². The van der Waals surface area contributed by atoms with E-state index in [9.17, 15) is 14.7 Å². The van der Waals surface area contributed by atoms with E-state index in [2.05, 4.69) is 0 Å². The lowest BCUT2D eigenvalue weighted by Crippen LogP contribution is -2.52.